The molecule has 2 aromatic heterocycles. The fraction of sp³-hybridized carbons (Fsp3) is 0.217. The van der Waals surface area contributed by atoms with Crippen LogP contribution in [0.4, 0.5) is 26.3 Å². The molecule has 2 heterocycles. The van der Waals surface area contributed by atoms with E-state index in [0.29, 0.717) is 26.3 Å². The lowest BCUT2D eigenvalue weighted by molar-refractivity contribution is -0.274. The van der Waals surface area contributed by atoms with Crippen molar-refractivity contribution >= 4 is 21.6 Å². The molecule has 4 aromatic rings. The van der Waals surface area contributed by atoms with Gasteiger partial charge in [0.05, 0.1) is 11.9 Å². The number of thiophene rings is 1. The zero-order chi connectivity index (χ0) is 27.1. The van der Waals surface area contributed by atoms with Gasteiger partial charge in [-0.25, -0.2) is 4.79 Å². The second kappa shape index (κ2) is 9.59. The normalized spacial score (nSPS) is 13.1. The van der Waals surface area contributed by atoms with E-state index in [4.69, 9.17) is 4.74 Å². The molecular formula is C23H16F6N2O5S. The number of halogens is 6. The number of hydrogen-bond acceptors (Lipinski definition) is 6. The van der Waals surface area contributed by atoms with Gasteiger partial charge >= 0.3 is 18.2 Å². The number of rotatable bonds is 6. The number of ether oxygens (including phenoxy) is 2. The number of aromatic amines is 1. The molecule has 0 fully saturated rings. The molecule has 0 bridgehead atoms. The summed E-state index contributed by atoms with van der Waals surface area (Å²) in [5.74, 6) is 0.154. The Hall–Kier alpha value is -3.78. The Morgan fingerprint density at radius 3 is 2.03 bits per heavy atom. The molecule has 0 spiro atoms. The number of nitrogens with zero attached hydrogens (tertiary/aromatic N) is 1. The Bertz CT molecular complexity index is 1540. The number of benzene rings is 2. The number of aliphatic hydroxyl groups is 1. The van der Waals surface area contributed by atoms with Crippen LogP contribution in [0.5, 0.6) is 17.2 Å². The van der Waals surface area contributed by atoms with E-state index in [1.807, 2.05) is 4.98 Å². The van der Waals surface area contributed by atoms with E-state index >= 15 is 0 Å². The minimum absolute atomic E-state index is 0.0222. The smallest absolute Gasteiger partial charge is 0.457 e. The molecule has 7 nitrogen and oxygen atoms in total. The molecule has 4 rings (SSSR count). The predicted octanol–water partition coefficient (Wildman–Crippen LogP) is 5.34. The maximum Gasteiger partial charge on any atom is 0.573 e. The third-order valence-electron chi connectivity index (χ3n) is 5.21. The lowest BCUT2D eigenvalue weighted by atomic mass is 10.1. The Morgan fingerprint density at radius 2 is 1.49 bits per heavy atom. The van der Waals surface area contributed by atoms with E-state index in [-0.39, 0.29) is 16.0 Å². The lowest BCUT2D eigenvalue weighted by Crippen LogP contribution is -2.38. The molecule has 2 aromatic carbocycles. The fourth-order valence-corrected chi connectivity index (χ4v) is 4.83. The van der Waals surface area contributed by atoms with Gasteiger partial charge in [-0.05, 0) is 66.6 Å². The highest BCUT2D eigenvalue weighted by atomic mass is 32.1. The number of aromatic nitrogens is 2. The molecule has 2 N–H and O–H groups in total. The summed E-state index contributed by atoms with van der Waals surface area (Å²) in [5, 5.41) is 9.48. The van der Waals surface area contributed by atoms with Crippen LogP contribution in [0.3, 0.4) is 0 Å². The predicted molar refractivity (Wildman–Crippen MR) is 122 cm³/mol. The molecule has 0 radical (unpaired) electrons. The van der Waals surface area contributed by atoms with Crippen molar-refractivity contribution in [3.05, 3.63) is 74.9 Å². The van der Waals surface area contributed by atoms with Crippen LogP contribution in [-0.2, 0) is 6.54 Å². The van der Waals surface area contributed by atoms with Gasteiger partial charge in [-0.1, -0.05) is 0 Å². The first-order chi connectivity index (χ1) is 17.2. The van der Waals surface area contributed by atoms with Crippen molar-refractivity contribution in [2.45, 2.75) is 32.1 Å². The highest BCUT2D eigenvalue weighted by molar-refractivity contribution is 7.22. The number of hydrogen-bond donors (Lipinski definition) is 2. The molecule has 0 aliphatic rings. The summed E-state index contributed by atoms with van der Waals surface area (Å²) >= 11 is 0.918. The Kier molecular flexibility index (Phi) is 6.81. The molecule has 1 atom stereocenters. The topological polar surface area (TPSA) is 93.5 Å². The summed E-state index contributed by atoms with van der Waals surface area (Å²) in [5.41, 5.74) is -0.861. The van der Waals surface area contributed by atoms with Crippen molar-refractivity contribution in [2.75, 3.05) is 0 Å². The minimum atomic E-state index is -4.96. The highest BCUT2D eigenvalue weighted by Gasteiger charge is 2.39. The summed E-state index contributed by atoms with van der Waals surface area (Å²) in [4.78, 5) is 27.1. The molecule has 37 heavy (non-hydrogen) atoms. The van der Waals surface area contributed by atoms with E-state index < -0.39 is 42.2 Å². The molecule has 0 aliphatic carbocycles. The van der Waals surface area contributed by atoms with Crippen molar-refractivity contribution in [1.29, 1.82) is 0 Å². The number of aryl methyl sites for hydroxylation is 1. The molecule has 0 unspecified atom stereocenters. The number of alkyl halides is 6. The standard InChI is InChI=1S/C23H16F6N2O5S/c1-11-17-19(33)30-21(34)31(10-16(32)22(24,25)26)20(17)37-18(11)12-2-4-13(5-3-12)35-14-6-8-15(9-7-14)36-23(27,28)29/h2-9,16,32H,10H2,1H3,(H,30,33,34)/t16-/m0/s1. The van der Waals surface area contributed by atoms with Gasteiger partial charge in [0.15, 0.2) is 6.10 Å². The van der Waals surface area contributed by atoms with Crippen LogP contribution in [0.1, 0.15) is 5.56 Å². The summed E-state index contributed by atoms with van der Waals surface area (Å²) in [6.45, 7) is 0.488. The van der Waals surface area contributed by atoms with Crippen molar-refractivity contribution in [3.8, 4) is 27.7 Å². The summed E-state index contributed by atoms with van der Waals surface area (Å²) in [7, 11) is 0. The quantitative estimate of drug-likeness (QED) is 0.319. The molecular weight excluding hydrogens is 530 g/mol. The van der Waals surface area contributed by atoms with Crippen LogP contribution in [0.25, 0.3) is 20.7 Å². The SMILES string of the molecule is Cc1c(-c2ccc(Oc3ccc(OC(F)(F)F)cc3)cc2)sc2c1c(=O)[nH]c(=O)n2C[C@H](O)C(F)(F)F. The fourth-order valence-electron chi connectivity index (χ4n) is 3.51. The summed E-state index contributed by atoms with van der Waals surface area (Å²) in [6, 6.07) is 11.0. The van der Waals surface area contributed by atoms with Gasteiger partial charge < -0.3 is 14.6 Å². The number of nitrogens with one attached hydrogen (secondary N) is 1. The van der Waals surface area contributed by atoms with Gasteiger partial charge in [0, 0.05) is 4.88 Å². The van der Waals surface area contributed by atoms with E-state index in [2.05, 4.69) is 4.74 Å². The minimum Gasteiger partial charge on any atom is -0.457 e. The third kappa shape index (κ3) is 5.80. The first kappa shape index (κ1) is 26.3. The van der Waals surface area contributed by atoms with Crippen LogP contribution in [0.15, 0.2) is 58.1 Å². The maximum absolute atomic E-state index is 12.9. The van der Waals surface area contributed by atoms with E-state index in [0.717, 1.165) is 23.5 Å². The first-order valence-electron chi connectivity index (χ1n) is 10.4. The van der Waals surface area contributed by atoms with Gasteiger partial charge in [0.2, 0.25) is 0 Å². The summed E-state index contributed by atoms with van der Waals surface area (Å²) in [6.07, 6.45) is -12.6. The van der Waals surface area contributed by atoms with Crippen molar-refractivity contribution in [2.24, 2.45) is 0 Å². The molecule has 0 saturated carbocycles. The van der Waals surface area contributed by atoms with Crippen molar-refractivity contribution in [1.82, 2.24) is 9.55 Å². The van der Waals surface area contributed by atoms with Crippen LogP contribution in [-0.4, -0.2) is 33.3 Å². The summed E-state index contributed by atoms with van der Waals surface area (Å²) < 4.78 is 85.6. The molecule has 196 valence electrons. The molecule has 14 heteroatoms. The van der Waals surface area contributed by atoms with Gasteiger partial charge in [-0.2, -0.15) is 13.2 Å². The molecule has 0 saturated heterocycles. The van der Waals surface area contributed by atoms with Gasteiger partial charge in [-0.15, -0.1) is 24.5 Å². The molecule has 0 aliphatic heterocycles. The molecule has 0 amide bonds. The lowest BCUT2D eigenvalue weighted by Gasteiger charge is -2.15. The number of H-pyrrole nitrogens is 1. The van der Waals surface area contributed by atoms with E-state index in [1.54, 1.807) is 31.2 Å². The highest BCUT2D eigenvalue weighted by Crippen LogP contribution is 2.37. The van der Waals surface area contributed by atoms with Gasteiger partial charge in [0.25, 0.3) is 5.56 Å². The Morgan fingerprint density at radius 1 is 0.946 bits per heavy atom. The largest absolute Gasteiger partial charge is 0.573 e. The van der Waals surface area contributed by atoms with Crippen molar-refractivity contribution in [3.63, 3.8) is 0 Å². The second-order valence-electron chi connectivity index (χ2n) is 7.81. The Balaban J connectivity index is 1.62. The zero-order valence-corrected chi connectivity index (χ0v) is 19.4. The first-order valence-corrected chi connectivity index (χ1v) is 11.2. The maximum atomic E-state index is 12.9. The van der Waals surface area contributed by atoms with Gasteiger partial charge in [0.1, 0.15) is 22.1 Å². The van der Waals surface area contributed by atoms with Crippen molar-refractivity contribution < 1.29 is 40.9 Å². The Labute approximate surface area is 207 Å². The van der Waals surface area contributed by atoms with Gasteiger partial charge in [-0.3, -0.25) is 14.3 Å². The van der Waals surface area contributed by atoms with E-state index in [9.17, 15) is 41.0 Å². The van der Waals surface area contributed by atoms with Crippen LogP contribution < -0.4 is 20.7 Å². The average molecular weight is 546 g/mol. The monoisotopic (exact) mass is 546 g/mol. The number of fused-ring (bicyclic) bond motifs is 1. The van der Waals surface area contributed by atoms with E-state index in [1.165, 1.54) is 12.1 Å². The van der Waals surface area contributed by atoms with Crippen LogP contribution in [0.2, 0.25) is 0 Å². The number of aliphatic hydroxyl groups excluding tert-OH is 1. The third-order valence-corrected chi connectivity index (χ3v) is 6.57. The van der Waals surface area contributed by atoms with Crippen LogP contribution in [0, 0.1) is 6.92 Å². The zero-order valence-electron chi connectivity index (χ0n) is 18.6. The van der Waals surface area contributed by atoms with Crippen LogP contribution >= 0.6 is 11.3 Å². The average Bonchev–Trinajstić information content (AvgIpc) is 3.14. The second-order valence-corrected chi connectivity index (χ2v) is 8.81.